The zero-order valence-electron chi connectivity index (χ0n) is 43.3. The molecule has 2 aromatic carbocycles. The molecule has 3 atom stereocenters. The first-order chi connectivity index (χ1) is 35.9. The first-order valence-electron chi connectivity index (χ1n) is 26.1. The van der Waals surface area contributed by atoms with Gasteiger partial charge < -0.3 is 41.4 Å². The Kier molecular flexibility index (Phi) is 19.5. The van der Waals surface area contributed by atoms with Gasteiger partial charge in [-0.1, -0.05) is 86.5 Å². The average molecular weight is 1070 g/mol. The summed E-state index contributed by atoms with van der Waals surface area (Å²) in [7, 11) is 0. The number of ether oxygens (including phenoxy) is 2. The Labute approximate surface area is 446 Å². The molecule has 1 spiro atoms. The molecule has 22 heteroatoms. The van der Waals surface area contributed by atoms with E-state index in [1.165, 1.54) is 18.0 Å². The third-order valence-electron chi connectivity index (χ3n) is 13.8. The van der Waals surface area contributed by atoms with E-state index in [9.17, 15) is 33.6 Å². The van der Waals surface area contributed by atoms with Crippen LogP contribution in [0.4, 0.5) is 27.8 Å². The fourth-order valence-electron chi connectivity index (χ4n) is 9.79. The van der Waals surface area contributed by atoms with Gasteiger partial charge in [0.05, 0.1) is 52.9 Å². The number of nitrogen functional groups attached to an aromatic ring is 1. The molecule has 0 radical (unpaired) electrons. The third kappa shape index (κ3) is 15.4. The van der Waals surface area contributed by atoms with Crippen molar-refractivity contribution >= 4 is 92.8 Å². The molecule has 7 N–H and O–H groups in total. The number of halogens is 1. The van der Waals surface area contributed by atoms with E-state index in [2.05, 4.69) is 46.6 Å². The molecule has 5 heterocycles. The molecular weight excluding hydrogens is 1000 g/mol. The van der Waals surface area contributed by atoms with Crippen LogP contribution in [0.2, 0.25) is 5.02 Å². The minimum absolute atomic E-state index is 0.00670. The number of nitrogens with two attached hydrogens (primary N) is 1. The lowest BCUT2D eigenvalue weighted by Crippen LogP contribution is -2.55. The highest BCUT2D eigenvalue weighted by atomic mass is 35.5. The predicted molar refractivity (Wildman–Crippen MR) is 288 cm³/mol. The van der Waals surface area contributed by atoms with Crippen molar-refractivity contribution in [1.82, 2.24) is 35.7 Å². The van der Waals surface area contributed by atoms with Gasteiger partial charge in [0.1, 0.15) is 22.5 Å². The maximum Gasteiger partial charge on any atom is 0.407 e. The lowest BCUT2D eigenvalue weighted by Gasteiger charge is -2.43. The normalized spacial score (nSPS) is 18.4. The summed E-state index contributed by atoms with van der Waals surface area (Å²) in [4.78, 5) is 100. The lowest BCUT2D eigenvalue weighted by molar-refractivity contribution is -0.136. The number of unbranched alkanes of at least 4 members (excludes halogenated alkanes) is 8. The number of hydrogen-bond donors (Lipinski definition) is 6. The lowest BCUT2D eigenvalue weighted by atomic mass is 9.73. The van der Waals surface area contributed by atoms with E-state index in [4.69, 9.17) is 26.8 Å². The van der Waals surface area contributed by atoms with E-state index in [-0.39, 0.29) is 78.1 Å². The van der Waals surface area contributed by atoms with Crippen LogP contribution in [0.15, 0.2) is 63.5 Å². The Balaban J connectivity index is 0.731. The van der Waals surface area contributed by atoms with E-state index in [0.29, 0.717) is 76.6 Å². The second-order valence-electron chi connectivity index (χ2n) is 20.6. The number of anilines is 4. The number of amides is 6. The number of nitrogens with one attached hydrogen (secondary N) is 5. The summed E-state index contributed by atoms with van der Waals surface area (Å²) in [6.07, 6.45) is 13.5. The monoisotopic (exact) mass is 1070 g/mol. The number of benzene rings is 2. The van der Waals surface area contributed by atoms with Crippen LogP contribution < -0.4 is 42.8 Å². The maximum atomic E-state index is 13.4. The predicted octanol–water partition coefficient (Wildman–Crippen LogP) is 7.82. The largest absolute Gasteiger partial charge is 0.444 e. The van der Waals surface area contributed by atoms with Crippen molar-refractivity contribution in [1.29, 1.82) is 0 Å². The van der Waals surface area contributed by atoms with E-state index >= 15 is 0 Å². The summed E-state index contributed by atoms with van der Waals surface area (Å²) in [5, 5.41) is 19.7. The number of aromatic nitrogens is 4. The number of hydrogen-bond acceptors (Lipinski definition) is 15. The Morgan fingerprint density at radius 3 is 2.24 bits per heavy atom. The fraction of sp³-hybridized carbons (Fsp3) is 0.547. The minimum Gasteiger partial charge on any atom is -0.444 e. The fourth-order valence-corrected chi connectivity index (χ4v) is 10.9. The van der Waals surface area contributed by atoms with Gasteiger partial charge in [-0.05, 0) is 78.0 Å². The van der Waals surface area contributed by atoms with Crippen LogP contribution >= 0.6 is 23.4 Å². The van der Waals surface area contributed by atoms with Gasteiger partial charge in [-0.3, -0.25) is 34.1 Å². The average Bonchev–Trinajstić information content (AvgIpc) is 3.65. The van der Waals surface area contributed by atoms with Crippen molar-refractivity contribution in [2.75, 3.05) is 47.5 Å². The Hall–Kier alpha value is -6.32. The van der Waals surface area contributed by atoms with Crippen LogP contribution in [-0.4, -0.2) is 99.4 Å². The van der Waals surface area contributed by atoms with Crippen LogP contribution in [0.25, 0.3) is 10.8 Å². The zero-order chi connectivity index (χ0) is 53.7. The van der Waals surface area contributed by atoms with Gasteiger partial charge in [0.25, 0.3) is 11.5 Å². The Bertz CT molecular complexity index is 2780. The van der Waals surface area contributed by atoms with Gasteiger partial charge in [-0.25, -0.2) is 19.4 Å². The molecule has 0 saturated carbocycles. The second-order valence-corrected chi connectivity index (χ2v) is 22.0. The number of carbonyl (C=O) groups excluding carboxylic acids is 6. The summed E-state index contributed by atoms with van der Waals surface area (Å²) in [6.45, 7) is 9.94. The number of piperidine rings is 2. The van der Waals surface area contributed by atoms with Crippen molar-refractivity contribution in [3.63, 3.8) is 0 Å². The molecule has 0 aliphatic carbocycles. The summed E-state index contributed by atoms with van der Waals surface area (Å²) >= 11 is 8.00. The molecule has 3 aliphatic heterocycles. The molecule has 1 unspecified atom stereocenters. The molecule has 3 saturated heterocycles. The number of nitrogens with zero attached hydrogens (tertiary/aromatic N) is 5. The molecule has 2 aromatic heterocycles. The van der Waals surface area contributed by atoms with Gasteiger partial charge in [-0.15, -0.1) is 0 Å². The summed E-state index contributed by atoms with van der Waals surface area (Å²) in [5.41, 5.74) is 5.88. The maximum absolute atomic E-state index is 13.4. The highest BCUT2D eigenvalue weighted by molar-refractivity contribution is 7.99. The van der Waals surface area contributed by atoms with Crippen molar-refractivity contribution in [2.45, 2.75) is 164 Å². The molecule has 3 aliphatic rings. The van der Waals surface area contributed by atoms with Crippen LogP contribution in [0.3, 0.4) is 0 Å². The van der Waals surface area contributed by atoms with Gasteiger partial charge in [0.2, 0.25) is 23.6 Å². The SMILES string of the molecule is C[C@H]1OCC2(CCN(c3cnc(Sc4cccc(NC(=O)CCC(=O)NCCCCCCCCCCCC(=O)Nc5cccc6cnn(C7CCC(=O)NC7=O)c(=O)c56)c4Cl)c(N)n3)CC2)[C@H]1NC(=O)OC(C)(C)C. The van der Waals surface area contributed by atoms with Crippen LogP contribution in [-0.2, 0) is 33.4 Å². The highest BCUT2D eigenvalue weighted by Gasteiger charge is 2.50. The molecule has 20 nitrogen and oxygen atoms in total. The van der Waals surface area contributed by atoms with Gasteiger partial charge in [0.15, 0.2) is 5.82 Å². The summed E-state index contributed by atoms with van der Waals surface area (Å²) in [5.74, 6) is -0.791. The van der Waals surface area contributed by atoms with Crippen molar-refractivity contribution < 1.29 is 38.2 Å². The Morgan fingerprint density at radius 2 is 1.53 bits per heavy atom. The first kappa shape index (κ1) is 56.4. The number of imide groups is 1. The summed E-state index contributed by atoms with van der Waals surface area (Å²) in [6, 6.07) is 9.30. The number of rotatable bonds is 22. The van der Waals surface area contributed by atoms with Gasteiger partial charge in [0, 0.05) is 61.0 Å². The van der Waals surface area contributed by atoms with E-state index in [1.54, 1.807) is 42.6 Å². The smallest absolute Gasteiger partial charge is 0.407 e. The van der Waals surface area contributed by atoms with E-state index < -0.39 is 29.2 Å². The van der Waals surface area contributed by atoms with E-state index in [1.807, 2.05) is 27.7 Å². The first-order valence-corrected chi connectivity index (χ1v) is 27.2. The molecular formula is C53H70ClN11O9S. The van der Waals surface area contributed by atoms with Crippen molar-refractivity contribution in [3.05, 3.63) is 64.2 Å². The van der Waals surface area contributed by atoms with Crippen LogP contribution in [0.5, 0.6) is 0 Å². The Morgan fingerprint density at radius 1 is 0.880 bits per heavy atom. The second kappa shape index (κ2) is 26.0. The molecule has 404 valence electrons. The van der Waals surface area contributed by atoms with Crippen molar-refractivity contribution in [3.8, 4) is 0 Å². The molecule has 7 rings (SSSR count). The molecule has 4 aromatic rings. The standard InChI is InChI=1S/C53H70ClN11O9S/c1-33-46(63-51(72)74-52(2,3)4)53(32-73-33)25-28-64(29-26-53)39-31-57-49(47(55)61-39)75-38-19-15-18-36(45(38)54)60-42(68)24-23-40(66)56-27-13-11-9-7-5-6-8-10-12-20-41(67)59-35-17-14-16-34-30-58-65(50(71)44(34)35)37-21-22-43(69)62-48(37)70/h14-19,30-31,33,37,46H,5-13,20-29,32H2,1-4H3,(H2,55,61)(H,56,66)(H,59,67)(H,60,68)(H,63,72)(H,62,69,70)/t33-,37?,46+/m1/s1. The van der Waals surface area contributed by atoms with Gasteiger partial charge >= 0.3 is 6.09 Å². The number of carbonyl (C=O) groups is 6. The third-order valence-corrected chi connectivity index (χ3v) is 15.4. The van der Waals surface area contributed by atoms with Crippen molar-refractivity contribution in [2.24, 2.45) is 5.41 Å². The van der Waals surface area contributed by atoms with E-state index in [0.717, 1.165) is 68.9 Å². The molecule has 6 amide bonds. The molecule has 3 fully saturated rings. The minimum atomic E-state index is -0.898. The molecule has 75 heavy (non-hydrogen) atoms. The number of alkyl carbamates (subject to hydrolysis) is 1. The zero-order valence-corrected chi connectivity index (χ0v) is 44.8. The summed E-state index contributed by atoms with van der Waals surface area (Å²) < 4.78 is 12.7. The highest BCUT2D eigenvalue weighted by Crippen LogP contribution is 2.44. The van der Waals surface area contributed by atoms with Crippen LogP contribution in [0.1, 0.15) is 136 Å². The molecule has 0 bridgehead atoms. The quantitative estimate of drug-likeness (QED) is 0.0323. The van der Waals surface area contributed by atoms with Crippen LogP contribution in [0, 0.1) is 5.41 Å². The topological polar surface area (TPSA) is 271 Å². The number of fused-ring (bicyclic) bond motifs is 1. The van der Waals surface area contributed by atoms with Gasteiger partial charge in [-0.2, -0.15) is 5.10 Å².